The molecule has 0 amide bonds. The van der Waals surface area contributed by atoms with Crippen LogP contribution in [-0.4, -0.2) is 17.4 Å². The van der Waals surface area contributed by atoms with Crippen molar-refractivity contribution < 1.29 is 9.53 Å². The summed E-state index contributed by atoms with van der Waals surface area (Å²) in [5.41, 5.74) is 2.37. The number of cyclic esters (lactones) is 1. The Labute approximate surface area is 142 Å². The molecule has 0 radical (unpaired) electrons. The van der Waals surface area contributed by atoms with Crippen LogP contribution < -0.4 is 0 Å². The Morgan fingerprint density at radius 3 is 2.33 bits per heavy atom. The maximum atomic E-state index is 12.4. The summed E-state index contributed by atoms with van der Waals surface area (Å²) in [5, 5.41) is 0. The first-order valence-corrected chi connectivity index (χ1v) is 8.24. The first-order valence-electron chi connectivity index (χ1n) is 8.24. The largest absolute Gasteiger partial charge is 0.405 e. The predicted molar refractivity (Wildman–Crippen MR) is 96.8 cm³/mol. The molecule has 3 rings (SSSR count). The second-order valence-electron chi connectivity index (χ2n) is 6.10. The van der Waals surface area contributed by atoms with E-state index in [2.05, 4.69) is 30.1 Å². The Bertz CT molecular complexity index is 778. The van der Waals surface area contributed by atoms with Crippen LogP contribution in [0.2, 0.25) is 0 Å². The Balaban J connectivity index is 1.84. The summed E-state index contributed by atoms with van der Waals surface area (Å²) in [5.74, 6) is 0.121. The summed E-state index contributed by atoms with van der Waals surface area (Å²) in [4.78, 5) is 16.9. The number of ether oxygens (including phenoxy) is 1. The minimum atomic E-state index is -0.861. The van der Waals surface area contributed by atoms with Crippen LogP contribution in [0.3, 0.4) is 0 Å². The number of aliphatic imine (C=N–C) groups is 1. The second kappa shape index (κ2) is 6.83. The maximum Gasteiger partial charge on any atom is 0.340 e. The van der Waals surface area contributed by atoms with Gasteiger partial charge in [0.1, 0.15) is 0 Å². The Kier molecular flexibility index (Phi) is 4.61. The summed E-state index contributed by atoms with van der Waals surface area (Å²) in [6.45, 7) is 3.95. The molecule has 0 spiro atoms. The summed E-state index contributed by atoms with van der Waals surface area (Å²) < 4.78 is 5.42. The van der Waals surface area contributed by atoms with Gasteiger partial charge in [0.15, 0.2) is 5.54 Å². The molecule has 2 aromatic rings. The third-order valence-corrected chi connectivity index (χ3v) is 4.27. The molecular formula is C21H21NO2. The molecule has 0 N–H and O–H groups in total. The standard InChI is InChI=1S/C21H21NO2/c1-3-16(17-10-6-4-7-11-17)14-15-21(2)20(23)24-19(22-21)18-12-8-5-9-13-18/h4-14H,3,15H2,1-2H3/b16-14-. The molecule has 1 heterocycles. The molecule has 0 saturated heterocycles. The molecule has 2 aromatic carbocycles. The van der Waals surface area contributed by atoms with Gasteiger partial charge >= 0.3 is 5.97 Å². The molecule has 1 aliphatic heterocycles. The molecule has 1 atom stereocenters. The number of hydrogen-bond donors (Lipinski definition) is 0. The van der Waals surface area contributed by atoms with Gasteiger partial charge in [-0.2, -0.15) is 0 Å². The molecule has 0 fully saturated rings. The topological polar surface area (TPSA) is 38.7 Å². The lowest BCUT2D eigenvalue weighted by atomic mass is 9.94. The van der Waals surface area contributed by atoms with Crippen molar-refractivity contribution in [2.75, 3.05) is 0 Å². The highest BCUT2D eigenvalue weighted by Crippen LogP contribution is 2.29. The first-order chi connectivity index (χ1) is 11.6. The van der Waals surface area contributed by atoms with Crippen LogP contribution in [-0.2, 0) is 9.53 Å². The van der Waals surface area contributed by atoms with E-state index in [1.807, 2.05) is 55.5 Å². The molecule has 1 unspecified atom stereocenters. The maximum absolute atomic E-state index is 12.4. The van der Waals surface area contributed by atoms with Gasteiger partial charge in [0.25, 0.3) is 0 Å². The highest BCUT2D eigenvalue weighted by molar-refractivity contribution is 6.07. The van der Waals surface area contributed by atoms with E-state index in [1.54, 1.807) is 0 Å². The fourth-order valence-corrected chi connectivity index (χ4v) is 2.76. The third-order valence-electron chi connectivity index (χ3n) is 4.27. The number of hydrogen-bond acceptors (Lipinski definition) is 3. The lowest BCUT2D eigenvalue weighted by molar-refractivity contribution is -0.138. The Hall–Kier alpha value is -2.68. The number of carbonyl (C=O) groups excluding carboxylic acids is 1. The number of carbonyl (C=O) groups is 1. The van der Waals surface area contributed by atoms with Crippen LogP contribution in [0, 0.1) is 0 Å². The molecule has 3 nitrogen and oxygen atoms in total. The van der Waals surface area contributed by atoms with Gasteiger partial charge in [0.05, 0.1) is 0 Å². The van der Waals surface area contributed by atoms with Crippen LogP contribution in [0.15, 0.2) is 71.7 Å². The van der Waals surface area contributed by atoms with Crippen molar-refractivity contribution >= 4 is 17.4 Å². The van der Waals surface area contributed by atoms with E-state index < -0.39 is 5.54 Å². The summed E-state index contributed by atoms with van der Waals surface area (Å²) >= 11 is 0. The van der Waals surface area contributed by atoms with Gasteiger partial charge in [0, 0.05) is 12.0 Å². The monoisotopic (exact) mass is 319 g/mol. The number of allylic oxidation sites excluding steroid dienone is 1. The molecular weight excluding hydrogens is 298 g/mol. The molecule has 122 valence electrons. The highest BCUT2D eigenvalue weighted by Gasteiger charge is 2.41. The van der Waals surface area contributed by atoms with Crippen molar-refractivity contribution in [1.82, 2.24) is 0 Å². The summed E-state index contributed by atoms with van der Waals surface area (Å²) in [6, 6.07) is 19.8. The van der Waals surface area contributed by atoms with Crippen LogP contribution in [0.1, 0.15) is 37.8 Å². The quantitative estimate of drug-likeness (QED) is 0.754. The number of rotatable bonds is 5. The van der Waals surface area contributed by atoms with Gasteiger partial charge in [-0.3, -0.25) is 0 Å². The third kappa shape index (κ3) is 3.30. The average molecular weight is 319 g/mol. The molecule has 0 bridgehead atoms. The zero-order valence-electron chi connectivity index (χ0n) is 14.0. The fourth-order valence-electron chi connectivity index (χ4n) is 2.76. The van der Waals surface area contributed by atoms with E-state index in [0.29, 0.717) is 12.3 Å². The van der Waals surface area contributed by atoms with E-state index in [-0.39, 0.29) is 5.97 Å². The smallest absolute Gasteiger partial charge is 0.340 e. The van der Waals surface area contributed by atoms with Crippen LogP contribution in [0.4, 0.5) is 0 Å². The molecule has 1 aliphatic rings. The number of esters is 1. The van der Waals surface area contributed by atoms with Gasteiger partial charge < -0.3 is 4.74 Å². The molecule has 0 aliphatic carbocycles. The van der Waals surface area contributed by atoms with Gasteiger partial charge in [-0.15, -0.1) is 0 Å². The minimum absolute atomic E-state index is 0.291. The average Bonchev–Trinajstić information content (AvgIpc) is 2.93. The van der Waals surface area contributed by atoms with E-state index in [0.717, 1.165) is 12.0 Å². The molecule has 3 heteroatoms. The normalized spacial score (nSPS) is 20.7. The molecule has 0 aromatic heterocycles. The SMILES string of the molecule is CC/C(=C/CC1(C)N=C(c2ccccc2)OC1=O)c1ccccc1. The van der Waals surface area contributed by atoms with Crippen LogP contribution in [0.5, 0.6) is 0 Å². The van der Waals surface area contributed by atoms with Gasteiger partial charge in [-0.05, 0) is 36.6 Å². The van der Waals surface area contributed by atoms with Crippen molar-refractivity contribution in [3.05, 3.63) is 77.9 Å². The lowest BCUT2D eigenvalue weighted by Gasteiger charge is -2.14. The van der Waals surface area contributed by atoms with Crippen molar-refractivity contribution in [1.29, 1.82) is 0 Å². The summed E-state index contributed by atoms with van der Waals surface area (Å²) in [7, 11) is 0. The molecule has 0 saturated carbocycles. The Morgan fingerprint density at radius 1 is 1.08 bits per heavy atom. The van der Waals surface area contributed by atoms with Gasteiger partial charge in [-0.25, -0.2) is 9.79 Å². The lowest BCUT2D eigenvalue weighted by Crippen LogP contribution is -2.29. The van der Waals surface area contributed by atoms with Crippen molar-refractivity contribution in [2.24, 2.45) is 4.99 Å². The second-order valence-corrected chi connectivity index (χ2v) is 6.10. The van der Waals surface area contributed by atoms with E-state index in [1.165, 1.54) is 11.1 Å². The minimum Gasteiger partial charge on any atom is -0.405 e. The van der Waals surface area contributed by atoms with E-state index in [9.17, 15) is 4.79 Å². The van der Waals surface area contributed by atoms with E-state index in [4.69, 9.17) is 4.74 Å². The van der Waals surface area contributed by atoms with Crippen molar-refractivity contribution in [3.8, 4) is 0 Å². The zero-order valence-corrected chi connectivity index (χ0v) is 14.0. The van der Waals surface area contributed by atoms with Gasteiger partial charge in [-0.1, -0.05) is 61.5 Å². The van der Waals surface area contributed by atoms with Crippen LogP contribution in [0.25, 0.3) is 5.57 Å². The first kappa shape index (κ1) is 16.2. The van der Waals surface area contributed by atoms with Crippen molar-refractivity contribution in [3.63, 3.8) is 0 Å². The fraction of sp³-hybridized carbons (Fsp3) is 0.238. The van der Waals surface area contributed by atoms with Crippen LogP contribution >= 0.6 is 0 Å². The van der Waals surface area contributed by atoms with Crippen molar-refractivity contribution in [2.45, 2.75) is 32.2 Å². The molecule has 24 heavy (non-hydrogen) atoms. The Morgan fingerprint density at radius 2 is 1.71 bits per heavy atom. The van der Waals surface area contributed by atoms with E-state index >= 15 is 0 Å². The summed E-state index contributed by atoms with van der Waals surface area (Å²) in [6.07, 6.45) is 3.54. The van der Waals surface area contributed by atoms with Gasteiger partial charge in [0.2, 0.25) is 5.90 Å². The number of nitrogens with zero attached hydrogens (tertiary/aromatic N) is 1. The highest BCUT2D eigenvalue weighted by atomic mass is 16.6. The predicted octanol–water partition coefficient (Wildman–Crippen LogP) is 4.63. The zero-order chi connectivity index (χ0) is 17.0. The number of benzene rings is 2.